The predicted molar refractivity (Wildman–Crippen MR) is 86.5 cm³/mol. The lowest BCUT2D eigenvalue weighted by Gasteiger charge is -2.29. The van der Waals surface area contributed by atoms with Crippen LogP contribution < -0.4 is 0 Å². The first-order valence-corrected chi connectivity index (χ1v) is 8.52. The Morgan fingerprint density at radius 1 is 1.48 bits per heavy atom. The van der Waals surface area contributed by atoms with Crippen LogP contribution in [-0.2, 0) is 17.8 Å². The fourth-order valence-corrected chi connectivity index (χ4v) is 3.64. The van der Waals surface area contributed by atoms with Gasteiger partial charge in [0.1, 0.15) is 5.01 Å². The zero-order valence-electron chi connectivity index (χ0n) is 12.8. The van der Waals surface area contributed by atoms with E-state index in [0.29, 0.717) is 0 Å². The second-order valence-electron chi connectivity index (χ2n) is 5.80. The second-order valence-corrected chi connectivity index (χ2v) is 6.91. The monoisotopic (exact) mass is 308 g/mol. The average molecular weight is 308 g/mol. The lowest BCUT2D eigenvalue weighted by atomic mass is 9.99. The Bertz CT molecular complexity index is 502. The summed E-state index contributed by atoms with van der Waals surface area (Å²) in [5.74, 6) is -0.0697. The van der Waals surface area contributed by atoms with Crippen LogP contribution in [0, 0.1) is 5.92 Å². The van der Waals surface area contributed by atoms with E-state index in [1.54, 1.807) is 17.4 Å². The molecule has 0 aromatic carbocycles. The Morgan fingerprint density at radius 3 is 2.81 bits per heavy atom. The Kier molecular flexibility index (Phi) is 5.94. The van der Waals surface area contributed by atoms with Crippen molar-refractivity contribution in [1.82, 2.24) is 9.88 Å². The summed E-state index contributed by atoms with van der Waals surface area (Å²) in [6.07, 6.45) is 7.36. The molecule has 2 heterocycles. The molecule has 116 valence electrons. The molecular formula is C16H24N2O2S. The van der Waals surface area contributed by atoms with E-state index in [-0.39, 0.29) is 0 Å². The van der Waals surface area contributed by atoms with Crippen molar-refractivity contribution in [2.24, 2.45) is 5.92 Å². The first-order chi connectivity index (χ1) is 10.1. The van der Waals surface area contributed by atoms with E-state index >= 15 is 0 Å². The maximum Gasteiger partial charge on any atom is 0.328 e. The minimum Gasteiger partial charge on any atom is -0.478 e. The van der Waals surface area contributed by atoms with Gasteiger partial charge in [-0.05, 0) is 44.3 Å². The van der Waals surface area contributed by atoms with Gasteiger partial charge >= 0.3 is 5.97 Å². The highest BCUT2D eigenvalue weighted by atomic mass is 32.1. The second kappa shape index (κ2) is 7.71. The third kappa shape index (κ3) is 4.93. The number of piperidine rings is 1. The molecule has 0 saturated carbocycles. The fraction of sp³-hybridized carbons (Fsp3) is 0.625. The minimum atomic E-state index is -0.905. The average Bonchev–Trinajstić information content (AvgIpc) is 2.81. The maximum atomic E-state index is 10.7. The maximum absolute atomic E-state index is 10.7. The molecule has 0 aliphatic carbocycles. The van der Waals surface area contributed by atoms with Crippen LogP contribution in [0.25, 0.3) is 6.08 Å². The number of thiazole rings is 1. The van der Waals surface area contributed by atoms with Crippen LogP contribution in [0.4, 0.5) is 0 Å². The number of aliphatic carboxylic acids is 1. The van der Waals surface area contributed by atoms with Gasteiger partial charge in [0.2, 0.25) is 0 Å². The van der Waals surface area contributed by atoms with Gasteiger partial charge in [0.25, 0.3) is 0 Å². The van der Waals surface area contributed by atoms with Gasteiger partial charge in [-0.1, -0.05) is 20.3 Å². The van der Waals surface area contributed by atoms with Crippen LogP contribution in [0.2, 0.25) is 0 Å². The van der Waals surface area contributed by atoms with Crippen LogP contribution in [0.15, 0.2) is 6.08 Å². The van der Waals surface area contributed by atoms with Crippen molar-refractivity contribution in [3.8, 4) is 0 Å². The number of rotatable bonds is 6. The Morgan fingerprint density at radius 2 is 2.19 bits per heavy atom. The summed E-state index contributed by atoms with van der Waals surface area (Å²) < 4.78 is 0. The molecule has 2 rings (SSSR count). The number of carboxylic acid groups (broad SMARTS) is 1. The number of carbonyl (C=O) groups is 1. The van der Waals surface area contributed by atoms with Crippen molar-refractivity contribution >= 4 is 23.4 Å². The molecule has 1 aliphatic heterocycles. The highest BCUT2D eigenvalue weighted by Gasteiger charge is 2.18. The molecule has 0 bridgehead atoms. The van der Waals surface area contributed by atoms with Crippen molar-refractivity contribution in [2.45, 2.75) is 46.1 Å². The van der Waals surface area contributed by atoms with Crippen LogP contribution in [0.1, 0.15) is 48.7 Å². The third-order valence-corrected chi connectivity index (χ3v) is 4.92. The molecule has 0 unspecified atom stereocenters. The molecule has 0 spiro atoms. The molecule has 4 nitrogen and oxygen atoms in total. The van der Waals surface area contributed by atoms with Crippen molar-refractivity contribution in [3.63, 3.8) is 0 Å². The zero-order valence-corrected chi connectivity index (χ0v) is 13.7. The standard InChI is InChI=1S/C16H24N2O2S/c1-3-4-13-14(5-6-16(19)20)21-15(17-13)11-18-9-7-12(2)8-10-18/h5-6,12H,3-4,7-11H2,1-2H3,(H,19,20)/b6-5+. The van der Waals surface area contributed by atoms with Crippen molar-refractivity contribution in [3.05, 3.63) is 21.7 Å². The highest BCUT2D eigenvalue weighted by molar-refractivity contribution is 7.12. The quantitative estimate of drug-likeness (QED) is 0.818. The molecule has 1 aromatic heterocycles. The summed E-state index contributed by atoms with van der Waals surface area (Å²) >= 11 is 1.63. The molecule has 1 fully saturated rings. The normalized spacial score (nSPS) is 17.6. The lowest BCUT2D eigenvalue weighted by molar-refractivity contribution is -0.131. The predicted octanol–water partition coefficient (Wildman–Crippen LogP) is 3.43. The Hall–Kier alpha value is -1.20. The molecular weight excluding hydrogens is 284 g/mol. The number of likely N-dealkylation sites (tertiary alicyclic amines) is 1. The van der Waals surface area contributed by atoms with E-state index in [1.165, 1.54) is 18.9 Å². The zero-order chi connectivity index (χ0) is 15.2. The number of aryl methyl sites for hydroxylation is 1. The Labute approximate surface area is 130 Å². The molecule has 1 N–H and O–H groups in total. The SMILES string of the molecule is CCCc1nc(CN2CCC(C)CC2)sc1/C=C/C(=O)O. The first kappa shape index (κ1) is 16.2. The third-order valence-electron chi connectivity index (χ3n) is 3.87. The van der Waals surface area contributed by atoms with Gasteiger partial charge in [-0.3, -0.25) is 4.90 Å². The van der Waals surface area contributed by atoms with E-state index in [1.807, 2.05) is 0 Å². The number of hydrogen-bond acceptors (Lipinski definition) is 4. The van der Waals surface area contributed by atoms with Gasteiger partial charge in [-0.15, -0.1) is 11.3 Å². The molecule has 0 amide bonds. The van der Waals surface area contributed by atoms with Gasteiger partial charge < -0.3 is 5.11 Å². The van der Waals surface area contributed by atoms with Crippen LogP contribution in [0.3, 0.4) is 0 Å². The topological polar surface area (TPSA) is 53.4 Å². The van der Waals surface area contributed by atoms with Crippen LogP contribution >= 0.6 is 11.3 Å². The number of aromatic nitrogens is 1. The van der Waals surface area contributed by atoms with Crippen LogP contribution in [0.5, 0.6) is 0 Å². The molecule has 1 saturated heterocycles. The van der Waals surface area contributed by atoms with Gasteiger partial charge in [0.05, 0.1) is 17.1 Å². The van der Waals surface area contributed by atoms with E-state index < -0.39 is 5.97 Å². The lowest BCUT2D eigenvalue weighted by Crippen LogP contribution is -2.32. The summed E-state index contributed by atoms with van der Waals surface area (Å²) in [6, 6.07) is 0. The molecule has 5 heteroatoms. The summed E-state index contributed by atoms with van der Waals surface area (Å²) in [5, 5.41) is 9.89. The number of hydrogen-bond donors (Lipinski definition) is 1. The van der Waals surface area contributed by atoms with Gasteiger partial charge in [-0.25, -0.2) is 9.78 Å². The molecule has 0 radical (unpaired) electrons. The van der Waals surface area contributed by atoms with E-state index in [0.717, 1.165) is 54.0 Å². The van der Waals surface area contributed by atoms with E-state index in [2.05, 4.69) is 18.7 Å². The molecule has 21 heavy (non-hydrogen) atoms. The van der Waals surface area contributed by atoms with E-state index in [9.17, 15) is 4.79 Å². The fourth-order valence-electron chi connectivity index (χ4n) is 2.59. The summed E-state index contributed by atoms with van der Waals surface area (Å²) in [4.78, 5) is 18.9. The first-order valence-electron chi connectivity index (χ1n) is 7.70. The highest BCUT2D eigenvalue weighted by Crippen LogP contribution is 2.25. The molecule has 0 atom stereocenters. The largest absolute Gasteiger partial charge is 0.478 e. The Balaban J connectivity index is 2.05. The number of carboxylic acids is 1. The summed E-state index contributed by atoms with van der Waals surface area (Å²) in [6.45, 7) is 7.62. The van der Waals surface area contributed by atoms with Gasteiger partial charge in [0, 0.05) is 6.08 Å². The van der Waals surface area contributed by atoms with Gasteiger partial charge in [0.15, 0.2) is 0 Å². The van der Waals surface area contributed by atoms with E-state index in [4.69, 9.17) is 10.1 Å². The van der Waals surface area contributed by atoms with Gasteiger partial charge in [-0.2, -0.15) is 0 Å². The van der Waals surface area contributed by atoms with Crippen molar-refractivity contribution < 1.29 is 9.90 Å². The summed E-state index contributed by atoms with van der Waals surface area (Å²) in [5.41, 5.74) is 1.04. The van der Waals surface area contributed by atoms with Crippen molar-refractivity contribution in [2.75, 3.05) is 13.1 Å². The molecule has 1 aromatic rings. The summed E-state index contributed by atoms with van der Waals surface area (Å²) in [7, 11) is 0. The van der Waals surface area contributed by atoms with Crippen LogP contribution in [-0.4, -0.2) is 34.0 Å². The minimum absolute atomic E-state index is 0.835. The number of nitrogens with zero attached hydrogens (tertiary/aromatic N) is 2. The van der Waals surface area contributed by atoms with Crippen molar-refractivity contribution in [1.29, 1.82) is 0 Å². The molecule has 1 aliphatic rings. The smallest absolute Gasteiger partial charge is 0.328 e.